The van der Waals surface area contributed by atoms with Crippen LogP contribution in [0.3, 0.4) is 0 Å². The van der Waals surface area contributed by atoms with Crippen LogP contribution in [-0.4, -0.2) is 30.9 Å². The molecule has 0 aliphatic heterocycles. The predicted octanol–water partition coefficient (Wildman–Crippen LogP) is 1.23. The number of rotatable bonds is 6. The molecule has 78 valence electrons. The van der Waals surface area contributed by atoms with Crippen LogP contribution in [0.4, 0.5) is 0 Å². The van der Waals surface area contributed by atoms with E-state index in [9.17, 15) is 4.79 Å². The van der Waals surface area contributed by atoms with E-state index in [1.807, 2.05) is 20.9 Å². The molecule has 0 saturated heterocycles. The summed E-state index contributed by atoms with van der Waals surface area (Å²) >= 11 is 0. The number of unbranched alkanes of at least 4 members (excludes halogenated alkanes) is 2. The Hall–Kier alpha value is -0.570. The van der Waals surface area contributed by atoms with E-state index in [0.717, 1.165) is 32.4 Å². The van der Waals surface area contributed by atoms with E-state index in [2.05, 4.69) is 0 Å². The quantitative estimate of drug-likeness (QED) is 0.634. The highest BCUT2D eigenvalue weighted by Gasteiger charge is 2.11. The van der Waals surface area contributed by atoms with Gasteiger partial charge in [0.25, 0.3) is 0 Å². The Morgan fingerprint density at radius 3 is 2.38 bits per heavy atom. The lowest BCUT2D eigenvalue weighted by Gasteiger charge is -2.18. The third kappa shape index (κ3) is 5.64. The highest BCUT2D eigenvalue weighted by molar-refractivity contribution is 5.77. The van der Waals surface area contributed by atoms with Gasteiger partial charge in [0.15, 0.2) is 0 Å². The van der Waals surface area contributed by atoms with Gasteiger partial charge in [0.05, 0.1) is 0 Å². The second-order valence-corrected chi connectivity index (χ2v) is 3.76. The van der Waals surface area contributed by atoms with Crippen molar-refractivity contribution >= 4 is 5.91 Å². The lowest BCUT2D eigenvalue weighted by molar-refractivity contribution is -0.133. The molecule has 3 heteroatoms. The van der Waals surface area contributed by atoms with E-state index in [-0.39, 0.29) is 11.8 Å². The zero-order chi connectivity index (χ0) is 10.3. The molecule has 13 heavy (non-hydrogen) atoms. The van der Waals surface area contributed by atoms with Crippen LogP contribution >= 0.6 is 0 Å². The number of nitrogens with zero attached hydrogens (tertiary/aromatic N) is 1. The first-order valence-corrected chi connectivity index (χ1v) is 5.04. The lowest BCUT2D eigenvalue weighted by atomic mass is 10.2. The van der Waals surface area contributed by atoms with Crippen molar-refractivity contribution in [1.82, 2.24) is 4.90 Å². The van der Waals surface area contributed by atoms with Crippen LogP contribution in [0.2, 0.25) is 0 Å². The summed E-state index contributed by atoms with van der Waals surface area (Å²) in [6.07, 6.45) is 3.24. The highest BCUT2D eigenvalue weighted by atomic mass is 16.2. The third-order valence-corrected chi connectivity index (χ3v) is 2.07. The van der Waals surface area contributed by atoms with Gasteiger partial charge in [-0.25, -0.2) is 0 Å². The van der Waals surface area contributed by atoms with Crippen LogP contribution in [0, 0.1) is 5.92 Å². The van der Waals surface area contributed by atoms with Crippen molar-refractivity contribution in [2.24, 2.45) is 11.7 Å². The minimum atomic E-state index is 0.111. The van der Waals surface area contributed by atoms with E-state index in [4.69, 9.17) is 5.73 Å². The van der Waals surface area contributed by atoms with Crippen LogP contribution in [0.15, 0.2) is 0 Å². The Bertz CT molecular complexity index is 146. The number of carbonyl (C=O) groups excluding carboxylic acids is 1. The number of carbonyl (C=O) groups is 1. The van der Waals surface area contributed by atoms with Crippen LogP contribution in [0.1, 0.15) is 33.1 Å². The van der Waals surface area contributed by atoms with Gasteiger partial charge in [-0.3, -0.25) is 4.79 Å². The molecule has 3 nitrogen and oxygen atoms in total. The Morgan fingerprint density at radius 1 is 1.31 bits per heavy atom. The number of amides is 1. The SMILES string of the molecule is CC(C)C(=O)N(C)CCCCCN. The molecule has 0 fully saturated rings. The smallest absolute Gasteiger partial charge is 0.224 e. The number of nitrogens with two attached hydrogens (primary N) is 1. The predicted molar refractivity (Wildman–Crippen MR) is 55.4 cm³/mol. The van der Waals surface area contributed by atoms with Gasteiger partial charge in [0.1, 0.15) is 0 Å². The molecular formula is C10H22N2O. The van der Waals surface area contributed by atoms with Crippen molar-refractivity contribution in [3.8, 4) is 0 Å². The molecule has 0 rings (SSSR count). The van der Waals surface area contributed by atoms with Gasteiger partial charge < -0.3 is 10.6 Å². The maximum Gasteiger partial charge on any atom is 0.224 e. The van der Waals surface area contributed by atoms with Gasteiger partial charge >= 0.3 is 0 Å². The van der Waals surface area contributed by atoms with Gasteiger partial charge in [0.2, 0.25) is 5.91 Å². The molecule has 2 N–H and O–H groups in total. The van der Waals surface area contributed by atoms with Gasteiger partial charge in [-0.1, -0.05) is 20.3 Å². The van der Waals surface area contributed by atoms with Crippen molar-refractivity contribution in [2.45, 2.75) is 33.1 Å². The first kappa shape index (κ1) is 12.4. The molecule has 1 amide bonds. The molecule has 0 radical (unpaired) electrons. The Kier molecular flexibility index (Phi) is 6.59. The van der Waals surface area contributed by atoms with Crippen molar-refractivity contribution in [1.29, 1.82) is 0 Å². The van der Waals surface area contributed by atoms with E-state index in [1.54, 1.807) is 4.90 Å². The minimum Gasteiger partial charge on any atom is -0.346 e. The fourth-order valence-corrected chi connectivity index (χ4v) is 1.22. The van der Waals surface area contributed by atoms with Gasteiger partial charge in [-0.15, -0.1) is 0 Å². The number of hydrogen-bond donors (Lipinski definition) is 1. The zero-order valence-corrected chi connectivity index (χ0v) is 9.05. The Labute approximate surface area is 81.3 Å². The van der Waals surface area contributed by atoms with E-state index < -0.39 is 0 Å². The summed E-state index contributed by atoms with van der Waals surface area (Å²) in [7, 11) is 1.87. The summed E-state index contributed by atoms with van der Waals surface area (Å²) in [4.78, 5) is 13.2. The molecule has 0 aliphatic rings. The maximum atomic E-state index is 11.4. The lowest BCUT2D eigenvalue weighted by Crippen LogP contribution is -2.31. The molecule has 0 spiro atoms. The molecule has 0 unspecified atom stereocenters. The molecule has 0 bridgehead atoms. The standard InChI is InChI=1S/C10H22N2O/c1-9(2)10(13)12(3)8-6-4-5-7-11/h9H,4-8,11H2,1-3H3. The summed E-state index contributed by atoms with van der Waals surface area (Å²) in [6, 6.07) is 0. The van der Waals surface area contributed by atoms with E-state index in [1.165, 1.54) is 0 Å². The largest absolute Gasteiger partial charge is 0.346 e. The normalized spacial score (nSPS) is 10.5. The molecule has 0 aromatic carbocycles. The highest BCUT2D eigenvalue weighted by Crippen LogP contribution is 2.01. The summed E-state index contributed by atoms with van der Waals surface area (Å²) in [5, 5.41) is 0. The van der Waals surface area contributed by atoms with E-state index >= 15 is 0 Å². The van der Waals surface area contributed by atoms with Crippen LogP contribution in [0.5, 0.6) is 0 Å². The van der Waals surface area contributed by atoms with Gasteiger partial charge in [-0.05, 0) is 19.4 Å². The molecule has 0 saturated carbocycles. The fourth-order valence-electron chi connectivity index (χ4n) is 1.22. The van der Waals surface area contributed by atoms with Crippen LogP contribution in [-0.2, 0) is 4.79 Å². The second kappa shape index (κ2) is 6.89. The Morgan fingerprint density at radius 2 is 1.92 bits per heavy atom. The summed E-state index contributed by atoms with van der Waals surface area (Å²) in [5.74, 6) is 0.340. The molecule has 0 atom stereocenters. The third-order valence-electron chi connectivity index (χ3n) is 2.07. The number of hydrogen-bond acceptors (Lipinski definition) is 2. The second-order valence-electron chi connectivity index (χ2n) is 3.76. The molecule has 0 aliphatic carbocycles. The van der Waals surface area contributed by atoms with Crippen LogP contribution < -0.4 is 5.73 Å². The average Bonchev–Trinajstić information content (AvgIpc) is 2.10. The van der Waals surface area contributed by atoms with Crippen molar-refractivity contribution in [3.63, 3.8) is 0 Å². The molecule has 0 aromatic heterocycles. The van der Waals surface area contributed by atoms with Crippen molar-refractivity contribution in [3.05, 3.63) is 0 Å². The van der Waals surface area contributed by atoms with E-state index in [0.29, 0.717) is 0 Å². The Balaban J connectivity index is 3.50. The fraction of sp³-hybridized carbons (Fsp3) is 0.900. The first-order chi connectivity index (χ1) is 6.09. The monoisotopic (exact) mass is 186 g/mol. The minimum absolute atomic E-state index is 0.111. The summed E-state index contributed by atoms with van der Waals surface area (Å²) in [5.41, 5.74) is 5.37. The molecule has 0 aromatic rings. The average molecular weight is 186 g/mol. The molecular weight excluding hydrogens is 164 g/mol. The van der Waals surface area contributed by atoms with Crippen molar-refractivity contribution < 1.29 is 4.79 Å². The van der Waals surface area contributed by atoms with Crippen molar-refractivity contribution in [2.75, 3.05) is 20.1 Å². The first-order valence-electron chi connectivity index (χ1n) is 5.04. The molecule has 0 heterocycles. The maximum absolute atomic E-state index is 11.4. The van der Waals surface area contributed by atoms with Gasteiger partial charge in [-0.2, -0.15) is 0 Å². The van der Waals surface area contributed by atoms with Crippen LogP contribution in [0.25, 0.3) is 0 Å². The van der Waals surface area contributed by atoms with Gasteiger partial charge in [0, 0.05) is 19.5 Å². The zero-order valence-electron chi connectivity index (χ0n) is 9.05. The summed E-state index contributed by atoms with van der Waals surface area (Å²) < 4.78 is 0. The summed E-state index contributed by atoms with van der Waals surface area (Å²) in [6.45, 7) is 5.47. The topological polar surface area (TPSA) is 46.3 Å².